The summed E-state index contributed by atoms with van der Waals surface area (Å²) >= 11 is 0. The van der Waals surface area contributed by atoms with E-state index in [1.54, 1.807) is 0 Å². The fourth-order valence-electron chi connectivity index (χ4n) is 6.90. The zero-order valence-corrected chi connectivity index (χ0v) is 24.7. The maximum absolute atomic E-state index is 12.7. The van der Waals surface area contributed by atoms with Gasteiger partial charge in [-0.2, -0.15) is 0 Å². The quantitative estimate of drug-likeness (QED) is 0.198. The van der Waals surface area contributed by atoms with Gasteiger partial charge in [-0.05, 0) is 81.3 Å². The largest absolute Gasteiger partial charge is 0.376 e. The molecule has 2 nitrogen and oxygen atoms in total. The molecule has 0 fully saturated rings. The molecule has 0 heterocycles. The van der Waals surface area contributed by atoms with E-state index >= 15 is 0 Å². The third-order valence-electron chi connectivity index (χ3n) is 9.26. The molecule has 44 heavy (non-hydrogen) atoms. The van der Waals surface area contributed by atoms with Crippen LogP contribution in [-0.4, -0.2) is 10.2 Å². The summed E-state index contributed by atoms with van der Waals surface area (Å²) in [6.45, 7) is 0. The highest BCUT2D eigenvalue weighted by Gasteiger charge is 2.37. The number of aryl methyl sites for hydroxylation is 4. The van der Waals surface area contributed by atoms with Crippen LogP contribution in [-0.2, 0) is 36.9 Å². The zero-order chi connectivity index (χ0) is 30.0. The van der Waals surface area contributed by atoms with Crippen LogP contribution in [0, 0.1) is 0 Å². The Bertz CT molecular complexity index is 1640. The Morgan fingerprint density at radius 2 is 0.636 bits per heavy atom. The van der Waals surface area contributed by atoms with Crippen molar-refractivity contribution in [2.24, 2.45) is 0 Å². The van der Waals surface area contributed by atoms with Gasteiger partial charge in [-0.25, -0.2) is 0 Å². The van der Waals surface area contributed by atoms with Crippen molar-refractivity contribution >= 4 is 0 Å². The monoisotopic (exact) mass is 572 g/mol. The molecule has 0 unspecified atom stereocenters. The molecule has 0 amide bonds. The highest BCUT2D eigenvalue weighted by Crippen LogP contribution is 2.42. The van der Waals surface area contributed by atoms with Gasteiger partial charge in [0.2, 0.25) is 0 Å². The topological polar surface area (TPSA) is 40.5 Å². The first-order valence-electron chi connectivity index (χ1n) is 15.5. The van der Waals surface area contributed by atoms with Gasteiger partial charge in [0.15, 0.2) is 0 Å². The Kier molecular flexibility index (Phi) is 7.47. The molecule has 0 aliphatic heterocycles. The first-order valence-corrected chi connectivity index (χ1v) is 15.5. The fraction of sp³-hybridized carbons (Fsp3) is 0.143. The molecule has 6 aromatic rings. The lowest BCUT2D eigenvalue weighted by Gasteiger charge is -2.34. The number of hydrogen-bond donors (Lipinski definition) is 2. The van der Waals surface area contributed by atoms with Crippen LogP contribution in [0.4, 0.5) is 0 Å². The second-order valence-electron chi connectivity index (χ2n) is 11.9. The standard InChI is InChI=1S/C42H36O2/c43-41(35-13-5-1-6-14-35,36-15-7-2-8-16-36)39-29-31-21-25-33(39)27-23-32-22-26-34(28-24-31)40(30-32)42(44,37-17-9-3-10-18-37)38-19-11-4-12-20-38/h1-22,25-26,29-30,43-44H,23-24,27-28H2. The third kappa shape index (κ3) is 4.97. The minimum Gasteiger partial charge on any atom is -0.376 e. The van der Waals surface area contributed by atoms with Gasteiger partial charge in [0.1, 0.15) is 11.2 Å². The van der Waals surface area contributed by atoms with Gasteiger partial charge in [-0.3, -0.25) is 0 Å². The minimum atomic E-state index is -1.29. The van der Waals surface area contributed by atoms with E-state index in [0.717, 1.165) is 81.3 Å². The molecule has 4 bridgehead atoms. The normalized spacial score (nSPS) is 13.3. The second-order valence-corrected chi connectivity index (χ2v) is 11.9. The Balaban J connectivity index is 1.36. The van der Waals surface area contributed by atoms with Crippen LogP contribution in [0.2, 0.25) is 0 Å². The molecule has 0 radical (unpaired) electrons. The maximum Gasteiger partial charge on any atom is 0.140 e. The third-order valence-corrected chi connectivity index (χ3v) is 9.26. The minimum absolute atomic E-state index is 0.755. The lowest BCUT2D eigenvalue weighted by atomic mass is 9.75. The molecule has 10 rings (SSSR count). The Morgan fingerprint density at radius 1 is 0.341 bits per heavy atom. The van der Waals surface area contributed by atoms with Gasteiger partial charge in [0.25, 0.3) is 0 Å². The van der Waals surface area contributed by atoms with Gasteiger partial charge in [0.05, 0.1) is 0 Å². The van der Waals surface area contributed by atoms with Crippen molar-refractivity contribution in [3.8, 4) is 0 Å². The van der Waals surface area contributed by atoms with E-state index in [0.29, 0.717) is 0 Å². The summed E-state index contributed by atoms with van der Waals surface area (Å²) in [5.41, 5.74) is 7.31. The molecule has 6 aromatic carbocycles. The van der Waals surface area contributed by atoms with E-state index in [1.165, 1.54) is 0 Å². The fourth-order valence-corrected chi connectivity index (χ4v) is 6.90. The Labute approximate surface area is 259 Å². The molecule has 4 aliphatic carbocycles. The van der Waals surface area contributed by atoms with Crippen LogP contribution in [0.1, 0.15) is 55.6 Å². The predicted molar refractivity (Wildman–Crippen MR) is 178 cm³/mol. The first kappa shape index (κ1) is 28.0. The summed E-state index contributed by atoms with van der Waals surface area (Å²) in [6.07, 6.45) is 3.06. The number of hydrogen-bond acceptors (Lipinski definition) is 2. The summed E-state index contributed by atoms with van der Waals surface area (Å²) in [5.74, 6) is 0. The van der Waals surface area contributed by atoms with Crippen molar-refractivity contribution in [1.29, 1.82) is 0 Å². The maximum atomic E-state index is 12.7. The smallest absolute Gasteiger partial charge is 0.140 e. The van der Waals surface area contributed by atoms with E-state index in [-0.39, 0.29) is 0 Å². The Morgan fingerprint density at radius 3 is 0.932 bits per heavy atom. The summed E-state index contributed by atoms with van der Waals surface area (Å²) in [5, 5.41) is 25.5. The summed E-state index contributed by atoms with van der Waals surface area (Å²) in [4.78, 5) is 0. The van der Waals surface area contributed by atoms with Crippen LogP contribution in [0.5, 0.6) is 0 Å². The summed E-state index contributed by atoms with van der Waals surface area (Å²) < 4.78 is 0. The molecule has 0 spiro atoms. The average molecular weight is 573 g/mol. The number of aliphatic hydroxyl groups is 2. The molecule has 0 aromatic heterocycles. The van der Waals surface area contributed by atoms with Crippen molar-refractivity contribution < 1.29 is 10.2 Å². The van der Waals surface area contributed by atoms with Crippen molar-refractivity contribution in [1.82, 2.24) is 0 Å². The van der Waals surface area contributed by atoms with Gasteiger partial charge in [-0.1, -0.05) is 158 Å². The number of rotatable bonds is 6. The number of benzene rings is 6. The van der Waals surface area contributed by atoms with Crippen LogP contribution >= 0.6 is 0 Å². The van der Waals surface area contributed by atoms with Gasteiger partial charge in [-0.15, -0.1) is 0 Å². The summed E-state index contributed by atoms with van der Waals surface area (Å²) in [6, 6.07) is 53.3. The molecule has 0 atom stereocenters. The average Bonchev–Trinajstić information content (AvgIpc) is 3.10. The molecule has 0 saturated heterocycles. The Hall–Kier alpha value is -4.76. The molecule has 2 heteroatoms. The highest BCUT2D eigenvalue weighted by atomic mass is 16.3. The van der Waals surface area contributed by atoms with E-state index < -0.39 is 11.2 Å². The summed E-state index contributed by atoms with van der Waals surface area (Å²) in [7, 11) is 0. The molecular formula is C42H36O2. The first-order chi connectivity index (χ1) is 21.6. The lowest BCUT2D eigenvalue weighted by Crippen LogP contribution is -2.31. The van der Waals surface area contributed by atoms with Gasteiger partial charge in [0, 0.05) is 0 Å². The lowest BCUT2D eigenvalue weighted by molar-refractivity contribution is 0.124. The molecule has 2 N–H and O–H groups in total. The van der Waals surface area contributed by atoms with Crippen LogP contribution in [0.3, 0.4) is 0 Å². The second kappa shape index (κ2) is 11.7. The van der Waals surface area contributed by atoms with Crippen LogP contribution in [0.25, 0.3) is 0 Å². The van der Waals surface area contributed by atoms with Gasteiger partial charge < -0.3 is 10.2 Å². The van der Waals surface area contributed by atoms with Crippen molar-refractivity contribution in [2.75, 3.05) is 0 Å². The van der Waals surface area contributed by atoms with E-state index in [9.17, 15) is 10.2 Å². The van der Waals surface area contributed by atoms with Gasteiger partial charge >= 0.3 is 0 Å². The molecule has 4 aliphatic rings. The van der Waals surface area contributed by atoms with Crippen LogP contribution < -0.4 is 0 Å². The molecule has 216 valence electrons. The highest BCUT2D eigenvalue weighted by molar-refractivity contribution is 5.54. The molecule has 0 saturated carbocycles. The van der Waals surface area contributed by atoms with E-state index in [2.05, 4.69) is 36.4 Å². The van der Waals surface area contributed by atoms with E-state index in [4.69, 9.17) is 0 Å². The zero-order valence-electron chi connectivity index (χ0n) is 24.7. The molecular weight excluding hydrogens is 536 g/mol. The SMILES string of the molecule is OC(c1ccccc1)(c1ccccc1)c1cc2ccc1CCc1ccc(c(C(O)(c3ccccc3)c3ccccc3)c1)CC2. The van der Waals surface area contributed by atoms with E-state index in [1.807, 2.05) is 121 Å². The predicted octanol–water partition coefficient (Wildman–Crippen LogP) is 8.14. The van der Waals surface area contributed by atoms with Crippen molar-refractivity contribution in [3.63, 3.8) is 0 Å². The van der Waals surface area contributed by atoms with Crippen molar-refractivity contribution in [3.05, 3.63) is 213 Å². The van der Waals surface area contributed by atoms with Crippen LogP contribution in [0.15, 0.2) is 158 Å². The van der Waals surface area contributed by atoms with Crippen molar-refractivity contribution in [2.45, 2.75) is 36.9 Å².